The maximum atomic E-state index is 10.9. The molecular formula is C15H22N2O4. The highest BCUT2D eigenvalue weighted by Gasteiger charge is 2.20. The molecule has 6 nitrogen and oxygen atoms in total. The molecule has 1 aliphatic rings. The van der Waals surface area contributed by atoms with Gasteiger partial charge >= 0.3 is 0 Å². The smallest absolute Gasteiger partial charge is 0.275 e. The third-order valence-corrected chi connectivity index (χ3v) is 3.20. The Kier molecular flexibility index (Phi) is 5.80. The van der Waals surface area contributed by atoms with Crippen LogP contribution in [0.4, 0.5) is 11.4 Å². The van der Waals surface area contributed by atoms with Crippen molar-refractivity contribution in [1.29, 1.82) is 0 Å². The Labute approximate surface area is 124 Å². The second-order valence-electron chi connectivity index (χ2n) is 5.27. The molecule has 1 aliphatic carbocycles. The Hall–Kier alpha value is -1.82. The van der Waals surface area contributed by atoms with E-state index in [1.54, 1.807) is 6.07 Å². The molecule has 1 N–H and O–H groups in total. The molecule has 1 aromatic rings. The second kappa shape index (κ2) is 7.83. The summed E-state index contributed by atoms with van der Waals surface area (Å²) in [7, 11) is 0. The second-order valence-corrected chi connectivity index (χ2v) is 5.27. The molecule has 0 amide bonds. The normalized spacial score (nSPS) is 14.0. The van der Waals surface area contributed by atoms with Gasteiger partial charge in [-0.25, -0.2) is 0 Å². The van der Waals surface area contributed by atoms with Gasteiger partial charge < -0.3 is 14.8 Å². The lowest BCUT2D eigenvalue weighted by atomic mass is 10.2. The molecule has 0 aliphatic heterocycles. The molecule has 2 rings (SSSR count). The minimum atomic E-state index is -0.409. The summed E-state index contributed by atoms with van der Waals surface area (Å²) in [5, 5.41) is 14.1. The van der Waals surface area contributed by atoms with Crippen LogP contribution in [0.15, 0.2) is 18.2 Å². The first-order valence-electron chi connectivity index (χ1n) is 7.43. The predicted molar refractivity (Wildman–Crippen MR) is 80.9 cm³/mol. The Morgan fingerprint density at radius 3 is 2.81 bits per heavy atom. The number of benzene rings is 1. The summed E-state index contributed by atoms with van der Waals surface area (Å²) >= 11 is 0. The van der Waals surface area contributed by atoms with Crippen molar-refractivity contribution in [1.82, 2.24) is 0 Å². The molecule has 6 heteroatoms. The number of nitro benzene ring substituents is 1. The van der Waals surface area contributed by atoms with Crippen molar-refractivity contribution in [3.63, 3.8) is 0 Å². The third-order valence-electron chi connectivity index (χ3n) is 3.20. The van der Waals surface area contributed by atoms with Crippen molar-refractivity contribution >= 4 is 11.4 Å². The lowest BCUT2D eigenvalue weighted by molar-refractivity contribution is -0.384. The van der Waals surface area contributed by atoms with Gasteiger partial charge in [0.05, 0.1) is 24.2 Å². The molecule has 0 aromatic heterocycles. The van der Waals surface area contributed by atoms with Crippen molar-refractivity contribution < 1.29 is 14.4 Å². The van der Waals surface area contributed by atoms with Crippen LogP contribution in [0.25, 0.3) is 0 Å². The summed E-state index contributed by atoms with van der Waals surface area (Å²) in [6.07, 6.45) is 3.41. The molecule has 21 heavy (non-hydrogen) atoms. The van der Waals surface area contributed by atoms with Crippen LogP contribution in [-0.4, -0.2) is 31.3 Å². The third kappa shape index (κ3) is 5.59. The topological polar surface area (TPSA) is 73.6 Å². The van der Waals surface area contributed by atoms with Crippen LogP contribution in [0.2, 0.25) is 0 Å². The Balaban J connectivity index is 1.86. The summed E-state index contributed by atoms with van der Waals surface area (Å²) in [5.74, 6) is 1.27. The van der Waals surface area contributed by atoms with E-state index in [2.05, 4.69) is 5.32 Å². The maximum Gasteiger partial charge on any atom is 0.275 e. The van der Waals surface area contributed by atoms with Crippen molar-refractivity contribution in [2.24, 2.45) is 5.92 Å². The first-order valence-corrected chi connectivity index (χ1v) is 7.43. The highest BCUT2D eigenvalue weighted by Crippen LogP contribution is 2.29. The van der Waals surface area contributed by atoms with E-state index >= 15 is 0 Å². The van der Waals surface area contributed by atoms with Crippen LogP contribution in [0.5, 0.6) is 5.75 Å². The van der Waals surface area contributed by atoms with Crippen LogP contribution < -0.4 is 10.1 Å². The van der Waals surface area contributed by atoms with Crippen LogP contribution in [-0.2, 0) is 4.74 Å². The minimum absolute atomic E-state index is 0.0324. The van der Waals surface area contributed by atoms with E-state index < -0.39 is 4.92 Å². The number of non-ortho nitro benzene ring substituents is 1. The van der Waals surface area contributed by atoms with E-state index in [4.69, 9.17) is 9.47 Å². The van der Waals surface area contributed by atoms with E-state index in [0.717, 1.165) is 18.9 Å². The fraction of sp³-hybridized carbons (Fsp3) is 0.600. The Bertz CT molecular complexity index is 475. The van der Waals surface area contributed by atoms with Crippen LogP contribution in [0, 0.1) is 16.0 Å². The van der Waals surface area contributed by atoms with Crippen LogP contribution in [0.3, 0.4) is 0 Å². The summed E-state index contributed by atoms with van der Waals surface area (Å²) in [5.41, 5.74) is 0.718. The summed E-state index contributed by atoms with van der Waals surface area (Å²) in [6, 6.07) is 4.74. The summed E-state index contributed by atoms with van der Waals surface area (Å²) < 4.78 is 11.0. The summed E-state index contributed by atoms with van der Waals surface area (Å²) in [4.78, 5) is 10.5. The lowest BCUT2D eigenvalue weighted by Crippen LogP contribution is -2.11. The van der Waals surface area contributed by atoms with Gasteiger partial charge in [0.25, 0.3) is 5.69 Å². The lowest BCUT2D eigenvalue weighted by Gasteiger charge is -2.10. The number of rotatable bonds is 10. The average molecular weight is 294 g/mol. The van der Waals surface area contributed by atoms with E-state index in [1.807, 2.05) is 6.92 Å². The minimum Gasteiger partial charge on any atom is -0.493 e. The Morgan fingerprint density at radius 1 is 1.33 bits per heavy atom. The fourth-order valence-corrected chi connectivity index (χ4v) is 1.90. The molecule has 0 radical (unpaired) electrons. The largest absolute Gasteiger partial charge is 0.493 e. The van der Waals surface area contributed by atoms with Gasteiger partial charge in [-0.05, 0) is 25.2 Å². The number of nitro groups is 1. The van der Waals surface area contributed by atoms with E-state index in [-0.39, 0.29) is 5.69 Å². The van der Waals surface area contributed by atoms with Gasteiger partial charge in [0.15, 0.2) is 0 Å². The number of hydrogen-bond donors (Lipinski definition) is 1. The zero-order valence-corrected chi connectivity index (χ0v) is 12.3. The van der Waals surface area contributed by atoms with E-state index in [1.165, 1.54) is 25.0 Å². The fourth-order valence-electron chi connectivity index (χ4n) is 1.90. The van der Waals surface area contributed by atoms with Crippen molar-refractivity contribution in [2.75, 3.05) is 31.7 Å². The molecule has 1 aromatic carbocycles. The monoisotopic (exact) mass is 294 g/mol. The SMILES string of the molecule is CCCOc1cc(NCCOCC2CC2)cc([N+](=O)[O-])c1. The molecule has 0 heterocycles. The first kappa shape index (κ1) is 15.6. The van der Waals surface area contributed by atoms with E-state index in [9.17, 15) is 10.1 Å². The molecule has 0 bridgehead atoms. The quantitative estimate of drug-likeness (QED) is 0.407. The molecule has 0 unspecified atom stereocenters. The standard InChI is InChI=1S/C15H22N2O4/c1-2-6-21-15-9-13(8-14(10-15)17(18)19)16-5-7-20-11-12-3-4-12/h8-10,12,16H,2-7,11H2,1H3. The highest BCUT2D eigenvalue weighted by molar-refractivity contribution is 5.56. The molecule has 116 valence electrons. The zero-order valence-electron chi connectivity index (χ0n) is 12.3. The van der Waals surface area contributed by atoms with Gasteiger partial charge in [0, 0.05) is 31.0 Å². The van der Waals surface area contributed by atoms with Crippen molar-refractivity contribution in [3.05, 3.63) is 28.3 Å². The van der Waals surface area contributed by atoms with Gasteiger partial charge in [-0.1, -0.05) is 6.92 Å². The number of hydrogen-bond acceptors (Lipinski definition) is 5. The van der Waals surface area contributed by atoms with Gasteiger partial charge in [-0.15, -0.1) is 0 Å². The average Bonchev–Trinajstić information content (AvgIpc) is 3.28. The molecule has 1 fully saturated rings. The molecule has 1 saturated carbocycles. The Morgan fingerprint density at radius 2 is 2.14 bits per heavy atom. The number of nitrogens with zero attached hydrogens (tertiary/aromatic N) is 1. The highest BCUT2D eigenvalue weighted by atomic mass is 16.6. The summed E-state index contributed by atoms with van der Waals surface area (Å²) in [6.45, 7) is 4.59. The molecule has 0 atom stereocenters. The van der Waals surface area contributed by atoms with Gasteiger partial charge in [0.1, 0.15) is 5.75 Å². The zero-order chi connectivity index (χ0) is 15.1. The van der Waals surface area contributed by atoms with Gasteiger partial charge in [-0.3, -0.25) is 10.1 Å². The molecule has 0 saturated heterocycles. The predicted octanol–water partition coefficient (Wildman–Crippen LogP) is 3.22. The number of ether oxygens (including phenoxy) is 2. The molecular weight excluding hydrogens is 272 g/mol. The van der Waals surface area contributed by atoms with Crippen LogP contribution in [0.1, 0.15) is 26.2 Å². The molecule has 0 spiro atoms. The van der Waals surface area contributed by atoms with Gasteiger partial charge in [0.2, 0.25) is 0 Å². The first-order chi connectivity index (χ1) is 10.2. The van der Waals surface area contributed by atoms with E-state index in [0.29, 0.717) is 31.2 Å². The van der Waals surface area contributed by atoms with Crippen molar-refractivity contribution in [2.45, 2.75) is 26.2 Å². The number of anilines is 1. The van der Waals surface area contributed by atoms with Gasteiger partial charge in [-0.2, -0.15) is 0 Å². The number of nitrogens with one attached hydrogen (secondary N) is 1. The maximum absolute atomic E-state index is 10.9. The van der Waals surface area contributed by atoms with Crippen molar-refractivity contribution in [3.8, 4) is 5.75 Å². The van der Waals surface area contributed by atoms with Crippen LogP contribution >= 0.6 is 0 Å².